The second kappa shape index (κ2) is 4.29. The first-order valence-electron chi connectivity index (χ1n) is 4.93. The number of nitrogens with one attached hydrogen (secondary N) is 1. The third-order valence-corrected chi connectivity index (χ3v) is 2.35. The van der Waals surface area contributed by atoms with Crippen LogP contribution in [0.2, 0.25) is 0 Å². The fourth-order valence-corrected chi connectivity index (χ4v) is 1.65. The van der Waals surface area contributed by atoms with Crippen LogP contribution in [0.1, 0.15) is 11.1 Å². The van der Waals surface area contributed by atoms with E-state index in [1.165, 1.54) is 6.20 Å². The summed E-state index contributed by atoms with van der Waals surface area (Å²) in [5.74, 6) is 0.108. The molecule has 16 heavy (non-hydrogen) atoms. The normalized spacial score (nSPS) is 15.7. The van der Waals surface area contributed by atoms with Gasteiger partial charge >= 0.3 is 6.18 Å². The Labute approximate surface area is 90.6 Å². The summed E-state index contributed by atoms with van der Waals surface area (Å²) in [6, 6.07) is 1.79. The number of nitrogens with zero attached hydrogens (tertiary/aromatic N) is 1. The predicted octanol–water partition coefficient (Wildman–Crippen LogP) is 1.67. The fraction of sp³-hybridized carbons (Fsp3) is 0.500. The first kappa shape index (κ1) is 11.2. The van der Waals surface area contributed by atoms with Crippen LogP contribution in [0.4, 0.5) is 13.2 Å². The molecule has 0 saturated heterocycles. The van der Waals surface area contributed by atoms with E-state index in [4.69, 9.17) is 4.74 Å². The van der Waals surface area contributed by atoms with Crippen molar-refractivity contribution in [1.82, 2.24) is 10.3 Å². The maximum absolute atomic E-state index is 12.0. The molecule has 0 saturated carbocycles. The zero-order valence-electron chi connectivity index (χ0n) is 8.47. The molecule has 1 N–H and O–H groups in total. The quantitative estimate of drug-likeness (QED) is 0.842. The molecule has 3 nitrogen and oxygen atoms in total. The standard InChI is InChI=1S/C10H11F3N2O/c11-10(12,13)6-16-9-8-2-3-14-5-7(8)1-4-15-9/h1,4,14H,2-3,5-6H2. The van der Waals surface area contributed by atoms with Gasteiger partial charge in [0.2, 0.25) is 5.88 Å². The van der Waals surface area contributed by atoms with Crippen molar-refractivity contribution < 1.29 is 17.9 Å². The number of hydrogen-bond donors (Lipinski definition) is 1. The van der Waals surface area contributed by atoms with E-state index in [1.54, 1.807) is 6.07 Å². The highest BCUT2D eigenvalue weighted by molar-refractivity contribution is 5.36. The van der Waals surface area contributed by atoms with E-state index in [1.807, 2.05) is 0 Å². The summed E-state index contributed by atoms with van der Waals surface area (Å²) < 4.78 is 40.7. The van der Waals surface area contributed by atoms with Gasteiger partial charge in [0.05, 0.1) is 0 Å². The number of ether oxygens (including phenoxy) is 1. The minimum absolute atomic E-state index is 0.108. The molecule has 1 aromatic heterocycles. The van der Waals surface area contributed by atoms with Gasteiger partial charge in [-0.05, 0) is 24.6 Å². The highest BCUT2D eigenvalue weighted by Gasteiger charge is 2.29. The van der Waals surface area contributed by atoms with Crippen LogP contribution in [-0.2, 0) is 13.0 Å². The Hall–Kier alpha value is -1.30. The molecule has 0 bridgehead atoms. The van der Waals surface area contributed by atoms with Crippen molar-refractivity contribution in [3.05, 3.63) is 23.4 Å². The molecule has 2 rings (SSSR count). The first-order valence-corrected chi connectivity index (χ1v) is 4.93. The molecule has 2 heterocycles. The van der Waals surface area contributed by atoms with Gasteiger partial charge in [-0.1, -0.05) is 0 Å². The molecule has 1 aromatic rings. The van der Waals surface area contributed by atoms with E-state index in [-0.39, 0.29) is 5.88 Å². The Morgan fingerprint density at radius 2 is 2.25 bits per heavy atom. The lowest BCUT2D eigenvalue weighted by Gasteiger charge is -2.19. The van der Waals surface area contributed by atoms with Crippen molar-refractivity contribution >= 4 is 0 Å². The zero-order valence-corrected chi connectivity index (χ0v) is 8.47. The SMILES string of the molecule is FC(F)(F)COc1nccc2c1CCNC2. The Morgan fingerprint density at radius 1 is 1.44 bits per heavy atom. The van der Waals surface area contributed by atoms with Crippen molar-refractivity contribution in [3.63, 3.8) is 0 Å². The van der Waals surface area contributed by atoms with Crippen molar-refractivity contribution in [1.29, 1.82) is 0 Å². The number of fused-ring (bicyclic) bond motifs is 1. The number of alkyl halides is 3. The summed E-state index contributed by atoms with van der Waals surface area (Å²) in [5, 5.41) is 3.13. The second-order valence-corrected chi connectivity index (χ2v) is 3.58. The third kappa shape index (κ3) is 2.63. The molecule has 0 unspecified atom stereocenters. The van der Waals surface area contributed by atoms with E-state index >= 15 is 0 Å². The van der Waals surface area contributed by atoms with Gasteiger partial charge in [-0.2, -0.15) is 13.2 Å². The molecule has 0 aromatic carbocycles. The molecule has 0 atom stereocenters. The van der Waals surface area contributed by atoms with Crippen molar-refractivity contribution in [2.45, 2.75) is 19.1 Å². The van der Waals surface area contributed by atoms with Crippen LogP contribution in [0.15, 0.2) is 12.3 Å². The van der Waals surface area contributed by atoms with E-state index in [2.05, 4.69) is 10.3 Å². The first-order chi connectivity index (χ1) is 7.56. The van der Waals surface area contributed by atoms with Crippen LogP contribution in [0.25, 0.3) is 0 Å². The molecule has 0 aliphatic carbocycles. The number of pyridine rings is 1. The van der Waals surface area contributed by atoms with E-state index in [0.717, 1.165) is 17.7 Å². The molecule has 1 aliphatic heterocycles. The molecule has 88 valence electrons. The highest BCUT2D eigenvalue weighted by atomic mass is 19.4. The smallest absolute Gasteiger partial charge is 0.422 e. The van der Waals surface area contributed by atoms with Gasteiger partial charge in [-0.15, -0.1) is 0 Å². The van der Waals surface area contributed by atoms with Gasteiger partial charge < -0.3 is 10.1 Å². The van der Waals surface area contributed by atoms with Crippen LogP contribution in [0.5, 0.6) is 5.88 Å². The summed E-state index contributed by atoms with van der Waals surface area (Å²) in [6.45, 7) is 0.102. The summed E-state index contributed by atoms with van der Waals surface area (Å²) in [7, 11) is 0. The average Bonchev–Trinajstić information content (AvgIpc) is 2.25. The van der Waals surface area contributed by atoms with Crippen LogP contribution >= 0.6 is 0 Å². The molecule has 0 radical (unpaired) electrons. The second-order valence-electron chi connectivity index (χ2n) is 3.58. The van der Waals surface area contributed by atoms with Gasteiger partial charge in [0, 0.05) is 18.3 Å². The molecule has 0 amide bonds. The number of rotatable bonds is 2. The summed E-state index contributed by atoms with van der Waals surface area (Å²) in [5.41, 5.74) is 1.74. The zero-order chi connectivity index (χ0) is 11.6. The minimum Gasteiger partial charge on any atom is -0.468 e. The number of halogens is 3. The van der Waals surface area contributed by atoms with Crippen LogP contribution in [-0.4, -0.2) is 24.3 Å². The fourth-order valence-electron chi connectivity index (χ4n) is 1.65. The van der Waals surface area contributed by atoms with Gasteiger partial charge in [0.15, 0.2) is 6.61 Å². The van der Waals surface area contributed by atoms with E-state index in [0.29, 0.717) is 13.0 Å². The maximum atomic E-state index is 12.0. The van der Waals surface area contributed by atoms with Gasteiger partial charge in [0.1, 0.15) is 0 Å². The number of hydrogen-bond acceptors (Lipinski definition) is 3. The van der Waals surface area contributed by atoms with E-state index < -0.39 is 12.8 Å². The van der Waals surface area contributed by atoms with Crippen molar-refractivity contribution in [3.8, 4) is 5.88 Å². The summed E-state index contributed by atoms with van der Waals surface area (Å²) in [6.07, 6.45) is -2.20. The molecule has 6 heteroatoms. The Balaban J connectivity index is 2.15. The lowest BCUT2D eigenvalue weighted by Crippen LogP contribution is -2.26. The number of aromatic nitrogens is 1. The van der Waals surface area contributed by atoms with E-state index in [9.17, 15) is 13.2 Å². The van der Waals surface area contributed by atoms with Crippen LogP contribution in [0.3, 0.4) is 0 Å². The third-order valence-electron chi connectivity index (χ3n) is 2.35. The predicted molar refractivity (Wildman–Crippen MR) is 51.2 cm³/mol. The largest absolute Gasteiger partial charge is 0.468 e. The van der Waals surface area contributed by atoms with Crippen LogP contribution < -0.4 is 10.1 Å². The Kier molecular flexibility index (Phi) is 3.00. The Morgan fingerprint density at radius 3 is 3.00 bits per heavy atom. The lowest BCUT2D eigenvalue weighted by molar-refractivity contribution is -0.154. The summed E-state index contributed by atoms with van der Waals surface area (Å²) in [4.78, 5) is 3.85. The van der Waals surface area contributed by atoms with Gasteiger partial charge in [-0.3, -0.25) is 0 Å². The monoisotopic (exact) mass is 232 g/mol. The molecule has 0 fully saturated rings. The summed E-state index contributed by atoms with van der Waals surface area (Å²) >= 11 is 0. The van der Waals surface area contributed by atoms with Gasteiger partial charge in [-0.25, -0.2) is 4.98 Å². The molecular weight excluding hydrogens is 221 g/mol. The topological polar surface area (TPSA) is 34.1 Å². The van der Waals surface area contributed by atoms with Crippen molar-refractivity contribution in [2.24, 2.45) is 0 Å². The lowest BCUT2D eigenvalue weighted by atomic mass is 10.0. The highest BCUT2D eigenvalue weighted by Crippen LogP contribution is 2.24. The van der Waals surface area contributed by atoms with Crippen LogP contribution in [0, 0.1) is 0 Å². The molecule has 0 spiro atoms. The maximum Gasteiger partial charge on any atom is 0.422 e. The van der Waals surface area contributed by atoms with Gasteiger partial charge in [0.25, 0.3) is 0 Å². The average molecular weight is 232 g/mol. The molecule has 1 aliphatic rings. The molecular formula is C10H11F3N2O. The minimum atomic E-state index is -4.32. The van der Waals surface area contributed by atoms with Crippen molar-refractivity contribution in [2.75, 3.05) is 13.2 Å². The Bertz CT molecular complexity index is 379.